The molecule has 0 heterocycles. The second kappa shape index (κ2) is 6.59. The lowest BCUT2D eigenvalue weighted by Gasteiger charge is -2.13. The summed E-state index contributed by atoms with van der Waals surface area (Å²) in [4.78, 5) is 11.7. The summed E-state index contributed by atoms with van der Waals surface area (Å²) in [5, 5.41) is 2.64. The molecule has 17 heavy (non-hydrogen) atoms. The van der Waals surface area contributed by atoms with Crippen LogP contribution < -0.4 is 5.32 Å². The summed E-state index contributed by atoms with van der Waals surface area (Å²) >= 11 is 1.67. The SMILES string of the molecule is CSCCC(C)NC(=O)c1cc(F)ccc1F. The molecule has 0 fully saturated rings. The van der Waals surface area contributed by atoms with Crippen molar-refractivity contribution in [2.45, 2.75) is 19.4 Å². The van der Waals surface area contributed by atoms with Gasteiger partial charge in [0.25, 0.3) is 5.91 Å². The Balaban J connectivity index is 2.66. The molecule has 0 spiro atoms. The highest BCUT2D eigenvalue weighted by Crippen LogP contribution is 2.10. The van der Waals surface area contributed by atoms with Crippen molar-refractivity contribution in [3.05, 3.63) is 35.4 Å². The van der Waals surface area contributed by atoms with Crippen LogP contribution >= 0.6 is 11.8 Å². The third-order valence-electron chi connectivity index (χ3n) is 2.31. The van der Waals surface area contributed by atoms with Crippen LogP contribution in [0.4, 0.5) is 8.78 Å². The van der Waals surface area contributed by atoms with E-state index in [0.29, 0.717) is 0 Å². The van der Waals surface area contributed by atoms with Crippen molar-refractivity contribution >= 4 is 17.7 Å². The van der Waals surface area contributed by atoms with E-state index in [1.54, 1.807) is 11.8 Å². The first kappa shape index (κ1) is 14.0. The number of benzene rings is 1. The van der Waals surface area contributed by atoms with Crippen LogP contribution in [0.3, 0.4) is 0 Å². The number of amides is 1. The molecule has 2 nitrogen and oxygen atoms in total. The number of hydrogen-bond donors (Lipinski definition) is 1. The van der Waals surface area contributed by atoms with E-state index in [4.69, 9.17) is 0 Å². The van der Waals surface area contributed by atoms with Crippen molar-refractivity contribution in [1.82, 2.24) is 5.32 Å². The monoisotopic (exact) mass is 259 g/mol. The molecule has 1 unspecified atom stereocenters. The molecule has 1 aromatic carbocycles. The third kappa shape index (κ3) is 4.34. The van der Waals surface area contributed by atoms with Crippen LogP contribution in [0, 0.1) is 11.6 Å². The molecule has 0 aromatic heterocycles. The first-order chi connectivity index (χ1) is 8.04. The molecule has 1 aromatic rings. The molecule has 0 radical (unpaired) electrons. The van der Waals surface area contributed by atoms with E-state index in [1.807, 2.05) is 13.2 Å². The van der Waals surface area contributed by atoms with Gasteiger partial charge >= 0.3 is 0 Å². The quantitative estimate of drug-likeness (QED) is 0.881. The van der Waals surface area contributed by atoms with Crippen LogP contribution in [0.25, 0.3) is 0 Å². The number of thioether (sulfide) groups is 1. The second-order valence-corrected chi connectivity index (χ2v) is 4.77. The molecular weight excluding hydrogens is 244 g/mol. The van der Waals surface area contributed by atoms with Crippen molar-refractivity contribution in [3.8, 4) is 0 Å². The van der Waals surface area contributed by atoms with Crippen molar-refractivity contribution < 1.29 is 13.6 Å². The highest BCUT2D eigenvalue weighted by atomic mass is 32.2. The minimum atomic E-state index is -0.707. The molecule has 1 amide bonds. The number of hydrogen-bond acceptors (Lipinski definition) is 2. The second-order valence-electron chi connectivity index (χ2n) is 3.78. The molecular formula is C12H15F2NOS. The fourth-order valence-electron chi connectivity index (χ4n) is 1.34. The number of carbonyl (C=O) groups is 1. The molecule has 0 aliphatic heterocycles. The smallest absolute Gasteiger partial charge is 0.254 e. The van der Waals surface area contributed by atoms with Gasteiger partial charge in [0.05, 0.1) is 5.56 Å². The molecule has 0 bridgehead atoms. The molecule has 0 saturated carbocycles. The lowest BCUT2D eigenvalue weighted by Crippen LogP contribution is -2.33. The molecule has 1 N–H and O–H groups in total. The summed E-state index contributed by atoms with van der Waals surface area (Å²) in [6, 6.07) is 2.80. The Hall–Kier alpha value is -1.10. The van der Waals surface area contributed by atoms with Gasteiger partial charge in [0, 0.05) is 6.04 Å². The van der Waals surface area contributed by atoms with Gasteiger partial charge in [-0.05, 0) is 43.6 Å². The first-order valence-corrected chi connectivity index (χ1v) is 6.69. The molecule has 1 atom stereocenters. The van der Waals surface area contributed by atoms with Gasteiger partial charge in [-0.3, -0.25) is 4.79 Å². The van der Waals surface area contributed by atoms with Crippen LogP contribution in [-0.2, 0) is 0 Å². The summed E-state index contributed by atoms with van der Waals surface area (Å²) in [7, 11) is 0. The van der Waals surface area contributed by atoms with Crippen LogP contribution in [0.5, 0.6) is 0 Å². The number of halogens is 2. The third-order valence-corrected chi connectivity index (χ3v) is 2.95. The van der Waals surface area contributed by atoms with E-state index in [-0.39, 0.29) is 11.6 Å². The zero-order chi connectivity index (χ0) is 12.8. The van der Waals surface area contributed by atoms with Gasteiger partial charge in [-0.25, -0.2) is 8.78 Å². The summed E-state index contributed by atoms with van der Waals surface area (Å²) < 4.78 is 26.2. The maximum Gasteiger partial charge on any atom is 0.254 e. The molecule has 0 aliphatic rings. The average molecular weight is 259 g/mol. The van der Waals surface area contributed by atoms with Gasteiger partial charge in [0.15, 0.2) is 0 Å². The Morgan fingerprint density at radius 2 is 2.18 bits per heavy atom. The molecule has 0 aliphatic carbocycles. The van der Waals surface area contributed by atoms with E-state index in [9.17, 15) is 13.6 Å². The zero-order valence-corrected chi connectivity index (χ0v) is 10.6. The minimum absolute atomic E-state index is 0.0578. The predicted molar refractivity (Wildman–Crippen MR) is 66.3 cm³/mol. The largest absolute Gasteiger partial charge is 0.349 e. The van der Waals surface area contributed by atoms with Crippen LogP contribution in [-0.4, -0.2) is 24.0 Å². The fraction of sp³-hybridized carbons (Fsp3) is 0.417. The van der Waals surface area contributed by atoms with E-state index < -0.39 is 17.5 Å². The summed E-state index contributed by atoms with van der Waals surface area (Å²) in [6.45, 7) is 1.84. The Morgan fingerprint density at radius 1 is 1.47 bits per heavy atom. The molecule has 0 saturated heterocycles. The number of carbonyl (C=O) groups excluding carboxylic acids is 1. The van der Waals surface area contributed by atoms with Crippen LogP contribution in [0.15, 0.2) is 18.2 Å². The zero-order valence-electron chi connectivity index (χ0n) is 9.80. The maximum atomic E-state index is 13.3. The Morgan fingerprint density at radius 3 is 2.82 bits per heavy atom. The average Bonchev–Trinajstić information content (AvgIpc) is 2.29. The van der Waals surface area contributed by atoms with E-state index in [2.05, 4.69) is 5.32 Å². The predicted octanol–water partition coefficient (Wildman–Crippen LogP) is 2.84. The fourth-order valence-corrected chi connectivity index (χ4v) is 1.93. The molecule has 94 valence electrons. The van der Waals surface area contributed by atoms with E-state index >= 15 is 0 Å². The first-order valence-electron chi connectivity index (χ1n) is 5.29. The van der Waals surface area contributed by atoms with Crippen LogP contribution in [0.2, 0.25) is 0 Å². The standard InChI is InChI=1S/C12H15F2NOS/c1-8(5-6-17-2)15-12(16)10-7-9(13)3-4-11(10)14/h3-4,7-8H,5-6H2,1-2H3,(H,15,16). The van der Waals surface area contributed by atoms with Crippen molar-refractivity contribution in [1.29, 1.82) is 0 Å². The highest BCUT2D eigenvalue weighted by molar-refractivity contribution is 7.98. The minimum Gasteiger partial charge on any atom is -0.349 e. The maximum absolute atomic E-state index is 13.3. The number of nitrogens with one attached hydrogen (secondary N) is 1. The van der Waals surface area contributed by atoms with Gasteiger partial charge in [-0.2, -0.15) is 11.8 Å². The normalized spacial score (nSPS) is 12.2. The number of rotatable bonds is 5. The topological polar surface area (TPSA) is 29.1 Å². The molecule has 5 heteroatoms. The Bertz CT molecular complexity index is 398. The van der Waals surface area contributed by atoms with Gasteiger partial charge in [-0.1, -0.05) is 0 Å². The Kier molecular flexibility index (Phi) is 5.41. The van der Waals surface area contributed by atoms with Gasteiger partial charge < -0.3 is 5.32 Å². The lowest BCUT2D eigenvalue weighted by atomic mass is 10.1. The van der Waals surface area contributed by atoms with Gasteiger partial charge in [0.1, 0.15) is 11.6 Å². The van der Waals surface area contributed by atoms with Gasteiger partial charge in [0.2, 0.25) is 0 Å². The molecule has 1 rings (SSSR count). The lowest BCUT2D eigenvalue weighted by molar-refractivity contribution is 0.0935. The highest BCUT2D eigenvalue weighted by Gasteiger charge is 2.14. The van der Waals surface area contributed by atoms with Crippen LogP contribution in [0.1, 0.15) is 23.7 Å². The summed E-state index contributed by atoms with van der Waals surface area (Å²) in [5.74, 6) is -0.988. The summed E-state index contributed by atoms with van der Waals surface area (Å²) in [5.41, 5.74) is -0.249. The Labute approximate surface area is 104 Å². The van der Waals surface area contributed by atoms with E-state index in [1.165, 1.54) is 0 Å². The van der Waals surface area contributed by atoms with E-state index in [0.717, 1.165) is 30.4 Å². The van der Waals surface area contributed by atoms with Crippen molar-refractivity contribution in [2.24, 2.45) is 0 Å². The van der Waals surface area contributed by atoms with Crippen molar-refractivity contribution in [3.63, 3.8) is 0 Å². The summed E-state index contributed by atoms with van der Waals surface area (Å²) in [6.07, 6.45) is 2.77. The van der Waals surface area contributed by atoms with Gasteiger partial charge in [-0.15, -0.1) is 0 Å². The van der Waals surface area contributed by atoms with Crippen molar-refractivity contribution in [2.75, 3.05) is 12.0 Å².